The number of methoxy groups -OCH3 is 4. The average molecular weight is 542 g/mol. The van der Waals surface area contributed by atoms with Gasteiger partial charge in [-0.2, -0.15) is 0 Å². The van der Waals surface area contributed by atoms with Crippen LogP contribution in [0.15, 0.2) is 66.9 Å². The Kier molecular flexibility index (Phi) is 7.12. The number of aromatic nitrogens is 1. The lowest BCUT2D eigenvalue weighted by atomic mass is 9.96. The largest absolute Gasteiger partial charge is 0.493 e. The molecular weight excluding hydrogens is 506 g/mol. The van der Waals surface area contributed by atoms with Crippen molar-refractivity contribution in [2.24, 2.45) is 0 Å². The lowest BCUT2D eigenvalue weighted by Crippen LogP contribution is -2.43. The van der Waals surface area contributed by atoms with Crippen LogP contribution in [0.2, 0.25) is 0 Å². The van der Waals surface area contributed by atoms with Crippen LogP contribution in [0.25, 0.3) is 10.9 Å². The van der Waals surface area contributed by atoms with Gasteiger partial charge in [-0.05, 0) is 53.3 Å². The van der Waals surface area contributed by atoms with Crippen molar-refractivity contribution in [1.82, 2.24) is 14.8 Å². The Morgan fingerprint density at radius 2 is 1.68 bits per heavy atom. The molecule has 4 aromatic rings. The topological polar surface area (TPSA) is 76.3 Å². The maximum atomic E-state index is 13.6. The second kappa shape index (κ2) is 10.9. The molecule has 0 radical (unpaired) electrons. The number of benzene rings is 3. The van der Waals surface area contributed by atoms with E-state index >= 15 is 0 Å². The van der Waals surface area contributed by atoms with Gasteiger partial charge in [0.15, 0.2) is 11.5 Å². The lowest BCUT2D eigenvalue weighted by Gasteiger charge is -2.37. The number of H-pyrrole nitrogens is 1. The third kappa shape index (κ3) is 4.28. The van der Waals surface area contributed by atoms with Gasteiger partial charge in [-0.3, -0.25) is 14.6 Å². The molecule has 1 N–H and O–H groups in total. The maximum Gasteiger partial charge on any atom is 0.325 e. The highest BCUT2D eigenvalue weighted by Crippen LogP contribution is 2.51. The molecular formula is C32H35N3O5. The van der Waals surface area contributed by atoms with Crippen molar-refractivity contribution in [3.63, 3.8) is 0 Å². The van der Waals surface area contributed by atoms with Gasteiger partial charge in [-0.15, -0.1) is 0 Å². The molecule has 0 spiro atoms. The Bertz CT molecular complexity index is 1510. The quantitative estimate of drug-likeness (QED) is 0.318. The Hall–Kier alpha value is -4.01. The zero-order valence-corrected chi connectivity index (χ0v) is 23.3. The van der Waals surface area contributed by atoms with Crippen LogP contribution in [0.5, 0.6) is 17.2 Å². The molecule has 3 atom stereocenters. The van der Waals surface area contributed by atoms with Crippen molar-refractivity contribution in [2.45, 2.75) is 31.1 Å². The normalized spacial score (nSPS) is 20.6. The van der Waals surface area contributed by atoms with Crippen LogP contribution in [-0.4, -0.2) is 68.3 Å². The first-order chi connectivity index (χ1) is 19.6. The summed E-state index contributed by atoms with van der Waals surface area (Å²) < 4.78 is 22.5. The molecule has 2 aliphatic heterocycles. The highest BCUT2D eigenvalue weighted by molar-refractivity contribution is 5.83. The molecule has 1 aromatic heterocycles. The van der Waals surface area contributed by atoms with E-state index in [4.69, 9.17) is 18.9 Å². The van der Waals surface area contributed by atoms with E-state index in [1.807, 2.05) is 18.2 Å². The first-order valence-electron chi connectivity index (χ1n) is 13.6. The summed E-state index contributed by atoms with van der Waals surface area (Å²) in [7, 11) is 6.29. The van der Waals surface area contributed by atoms with Crippen LogP contribution < -0.4 is 14.2 Å². The van der Waals surface area contributed by atoms with Gasteiger partial charge in [0.05, 0.1) is 40.6 Å². The summed E-state index contributed by atoms with van der Waals surface area (Å²) >= 11 is 0. The molecule has 1 fully saturated rings. The molecule has 8 heteroatoms. The molecule has 40 heavy (non-hydrogen) atoms. The molecule has 0 unspecified atom stereocenters. The summed E-state index contributed by atoms with van der Waals surface area (Å²) in [5.41, 5.74) is 5.83. The highest BCUT2D eigenvalue weighted by atomic mass is 16.5. The Morgan fingerprint density at radius 3 is 2.40 bits per heavy atom. The van der Waals surface area contributed by atoms with Crippen LogP contribution in [-0.2, 0) is 22.4 Å². The predicted octanol–water partition coefficient (Wildman–Crippen LogP) is 4.89. The molecule has 3 aromatic carbocycles. The van der Waals surface area contributed by atoms with Crippen molar-refractivity contribution in [1.29, 1.82) is 0 Å². The molecule has 6 rings (SSSR count). The minimum Gasteiger partial charge on any atom is -0.493 e. The summed E-state index contributed by atoms with van der Waals surface area (Å²) in [5, 5.41) is 1.22. The number of ether oxygens (including phenoxy) is 4. The number of rotatable bonds is 8. The molecule has 0 bridgehead atoms. The molecule has 208 valence electrons. The third-order valence-corrected chi connectivity index (χ3v) is 8.40. The van der Waals surface area contributed by atoms with Gasteiger partial charge in [-0.1, -0.05) is 42.5 Å². The van der Waals surface area contributed by atoms with Gasteiger partial charge in [0, 0.05) is 30.2 Å². The number of fused-ring (bicyclic) bond motifs is 4. The van der Waals surface area contributed by atoms with Gasteiger partial charge >= 0.3 is 5.97 Å². The number of para-hydroxylation sites is 1. The van der Waals surface area contributed by atoms with E-state index in [1.54, 1.807) is 21.3 Å². The number of nitrogens with zero attached hydrogens (tertiary/aromatic N) is 2. The van der Waals surface area contributed by atoms with E-state index in [9.17, 15) is 4.79 Å². The van der Waals surface area contributed by atoms with E-state index in [0.717, 1.165) is 37.0 Å². The SMILES string of the molecule is COC(=O)[C@@H]1[C@@H](c2cc(OC)c(OC)c(OC)c2)N(CCc2c[nH]c3ccccc23)[C@H]2c3ccccc3CCN21. The second-order valence-electron chi connectivity index (χ2n) is 10.3. The first kappa shape index (κ1) is 26.2. The number of carbonyl (C=O) groups excluding carboxylic acids is 1. The summed E-state index contributed by atoms with van der Waals surface area (Å²) in [6, 6.07) is 20.0. The number of esters is 1. The van der Waals surface area contributed by atoms with Crippen molar-refractivity contribution < 1.29 is 23.7 Å². The van der Waals surface area contributed by atoms with Gasteiger partial charge in [0.25, 0.3) is 0 Å². The van der Waals surface area contributed by atoms with Crippen molar-refractivity contribution in [2.75, 3.05) is 41.5 Å². The number of hydrogen-bond donors (Lipinski definition) is 1. The highest BCUT2D eigenvalue weighted by Gasteiger charge is 2.53. The Balaban J connectivity index is 1.49. The summed E-state index contributed by atoms with van der Waals surface area (Å²) in [4.78, 5) is 21.7. The number of aromatic amines is 1. The van der Waals surface area contributed by atoms with Gasteiger partial charge < -0.3 is 23.9 Å². The molecule has 0 amide bonds. The fourth-order valence-electron chi connectivity index (χ4n) is 6.62. The minimum absolute atomic E-state index is 0.0802. The predicted molar refractivity (Wildman–Crippen MR) is 153 cm³/mol. The van der Waals surface area contributed by atoms with E-state index in [2.05, 4.69) is 63.4 Å². The van der Waals surface area contributed by atoms with Gasteiger partial charge in [0.2, 0.25) is 5.75 Å². The smallest absolute Gasteiger partial charge is 0.325 e. The number of carbonyl (C=O) groups is 1. The molecule has 3 heterocycles. The van der Waals surface area contributed by atoms with Gasteiger partial charge in [0.1, 0.15) is 6.04 Å². The van der Waals surface area contributed by atoms with Crippen LogP contribution in [0, 0.1) is 0 Å². The van der Waals surface area contributed by atoms with Crippen molar-refractivity contribution >= 4 is 16.9 Å². The van der Waals surface area contributed by atoms with E-state index < -0.39 is 6.04 Å². The number of hydrogen-bond acceptors (Lipinski definition) is 7. The Labute approximate surface area is 234 Å². The maximum absolute atomic E-state index is 13.6. The van der Waals surface area contributed by atoms with Crippen LogP contribution >= 0.6 is 0 Å². The second-order valence-corrected chi connectivity index (χ2v) is 10.3. The van der Waals surface area contributed by atoms with Crippen LogP contribution in [0.3, 0.4) is 0 Å². The molecule has 2 aliphatic rings. The molecule has 0 saturated carbocycles. The number of nitrogens with one attached hydrogen (secondary N) is 1. The zero-order chi connectivity index (χ0) is 27.8. The fraction of sp³-hybridized carbons (Fsp3) is 0.344. The Morgan fingerprint density at radius 1 is 0.950 bits per heavy atom. The lowest BCUT2D eigenvalue weighted by molar-refractivity contribution is -0.147. The first-order valence-corrected chi connectivity index (χ1v) is 13.6. The van der Waals surface area contributed by atoms with Crippen LogP contribution in [0.1, 0.15) is 34.5 Å². The monoisotopic (exact) mass is 541 g/mol. The van der Waals surface area contributed by atoms with E-state index in [0.29, 0.717) is 17.2 Å². The van der Waals surface area contributed by atoms with Crippen molar-refractivity contribution in [3.05, 3.63) is 89.1 Å². The van der Waals surface area contributed by atoms with E-state index in [-0.39, 0.29) is 18.2 Å². The van der Waals surface area contributed by atoms with Crippen LogP contribution in [0.4, 0.5) is 0 Å². The fourth-order valence-corrected chi connectivity index (χ4v) is 6.62. The van der Waals surface area contributed by atoms with Crippen molar-refractivity contribution in [3.8, 4) is 17.2 Å². The molecule has 8 nitrogen and oxygen atoms in total. The summed E-state index contributed by atoms with van der Waals surface area (Å²) in [5.74, 6) is 1.39. The van der Waals surface area contributed by atoms with E-state index in [1.165, 1.54) is 29.2 Å². The zero-order valence-electron chi connectivity index (χ0n) is 23.3. The summed E-state index contributed by atoms with van der Waals surface area (Å²) in [6.45, 7) is 1.48. The average Bonchev–Trinajstić information content (AvgIpc) is 3.57. The summed E-state index contributed by atoms with van der Waals surface area (Å²) in [6.07, 6.45) is 3.70. The standard InChI is InChI=1S/C32H35N3O5/c1-37-26-17-22(18-27(38-2)30(26)39-3)28-29(32(36)40-4)35-15-13-20-9-5-6-11-24(20)31(35)34(28)16-14-21-19-33-25-12-8-7-10-23(21)25/h5-12,17-19,28-29,31,33H,13-16H2,1-4H3/t28-,29+,31-/m1/s1. The molecule has 1 saturated heterocycles. The third-order valence-electron chi connectivity index (χ3n) is 8.40. The van der Waals surface area contributed by atoms with Gasteiger partial charge in [-0.25, -0.2) is 0 Å². The molecule has 0 aliphatic carbocycles. The minimum atomic E-state index is -0.505.